The second kappa shape index (κ2) is 5.93. The molecule has 1 heterocycles. The standard InChI is InChI=1S/C11H22N2O3S/c1-4-13-7-5-10(6-8-13)11(14)9(2)12-17(3,15)16/h9-10,12H,4-8H2,1-3H3. The van der Waals surface area contributed by atoms with E-state index in [-0.39, 0.29) is 11.7 Å². The van der Waals surface area contributed by atoms with Crippen LogP contribution in [0.25, 0.3) is 0 Å². The van der Waals surface area contributed by atoms with Crippen LogP contribution in [0.3, 0.4) is 0 Å². The number of sulfonamides is 1. The Labute approximate surface area is 104 Å². The van der Waals surface area contributed by atoms with E-state index in [1.165, 1.54) is 0 Å². The number of likely N-dealkylation sites (tertiary alicyclic amines) is 1. The molecule has 1 aliphatic rings. The number of piperidine rings is 1. The summed E-state index contributed by atoms with van der Waals surface area (Å²) in [6.07, 6.45) is 2.75. The van der Waals surface area contributed by atoms with Crippen LogP contribution in [0.1, 0.15) is 26.7 Å². The molecule has 0 spiro atoms. The largest absolute Gasteiger partial charge is 0.304 e. The van der Waals surface area contributed by atoms with Gasteiger partial charge in [-0.05, 0) is 39.4 Å². The summed E-state index contributed by atoms with van der Waals surface area (Å²) in [6, 6.07) is -0.608. The van der Waals surface area contributed by atoms with Gasteiger partial charge in [-0.3, -0.25) is 4.79 Å². The van der Waals surface area contributed by atoms with Crippen LogP contribution < -0.4 is 4.72 Å². The van der Waals surface area contributed by atoms with Gasteiger partial charge in [0.05, 0.1) is 12.3 Å². The molecule has 6 heteroatoms. The van der Waals surface area contributed by atoms with Gasteiger partial charge < -0.3 is 4.90 Å². The Morgan fingerprint density at radius 2 is 1.94 bits per heavy atom. The number of carbonyl (C=O) groups excluding carboxylic acids is 1. The van der Waals surface area contributed by atoms with Gasteiger partial charge >= 0.3 is 0 Å². The molecular weight excluding hydrogens is 240 g/mol. The Kier molecular flexibility index (Phi) is 5.09. The molecule has 0 aromatic heterocycles. The number of ketones is 1. The van der Waals surface area contributed by atoms with Crippen LogP contribution in [0.15, 0.2) is 0 Å². The van der Waals surface area contributed by atoms with Crippen LogP contribution in [0.5, 0.6) is 0 Å². The minimum atomic E-state index is -3.30. The van der Waals surface area contributed by atoms with Crippen molar-refractivity contribution in [3.63, 3.8) is 0 Å². The zero-order valence-electron chi connectivity index (χ0n) is 10.8. The molecule has 1 saturated heterocycles. The van der Waals surface area contributed by atoms with E-state index in [1.54, 1.807) is 6.92 Å². The van der Waals surface area contributed by atoms with Gasteiger partial charge in [-0.25, -0.2) is 13.1 Å². The minimum Gasteiger partial charge on any atom is -0.304 e. The third-order valence-corrected chi connectivity index (χ3v) is 4.04. The van der Waals surface area contributed by atoms with Crippen molar-refractivity contribution in [1.82, 2.24) is 9.62 Å². The zero-order chi connectivity index (χ0) is 13.1. The molecule has 100 valence electrons. The summed E-state index contributed by atoms with van der Waals surface area (Å²) in [5, 5.41) is 0. The lowest BCUT2D eigenvalue weighted by Gasteiger charge is -2.31. The van der Waals surface area contributed by atoms with Crippen LogP contribution in [-0.2, 0) is 14.8 Å². The molecule has 1 N–H and O–H groups in total. The molecule has 5 nitrogen and oxygen atoms in total. The molecule has 0 aliphatic carbocycles. The van der Waals surface area contributed by atoms with Crippen LogP contribution >= 0.6 is 0 Å². The maximum Gasteiger partial charge on any atom is 0.209 e. The second-order valence-corrected chi connectivity index (χ2v) is 6.50. The summed E-state index contributed by atoms with van der Waals surface area (Å²) >= 11 is 0. The first-order chi connectivity index (χ1) is 7.83. The first kappa shape index (κ1) is 14.6. The summed E-state index contributed by atoms with van der Waals surface area (Å²) in [4.78, 5) is 14.3. The minimum absolute atomic E-state index is 0.00190. The Balaban J connectivity index is 2.48. The SMILES string of the molecule is CCN1CCC(C(=O)C(C)NS(C)(=O)=O)CC1. The molecule has 1 atom stereocenters. The van der Waals surface area contributed by atoms with Gasteiger partial charge in [0.2, 0.25) is 10.0 Å². The highest BCUT2D eigenvalue weighted by Gasteiger charge is 2.28. The predicted octanol–water partition coefficient (Wildman–Crippen LogP) is 0.225. The third kappa shape index (κ3) is 4.73. The zero-order valence-corrected chi connectivity index (χ0v) is 11.6. The molecule has 0 radical (unpaired) electrons. The van der Waals surface area contributed by atoms with E-state index in [1.807, 2.05) is 0 Å². The third-order valence-electron chi connectivity index (χ3n) is 3.25. The molecule has 0 aromatic carbocycles. The topological polar surface area (TPSA) is 66.5 Å². The summed E-state index contributed by atoms with van der Waals surface area (Å²) in [7, 11) is -3.30. The molecule has 0 aromatic rings. The van der Waals surface area contributed by atoms with E-state index < -0.39 is 16.1 Å². The van der Waals surface area contributed by atoms with E-state index in [4.69, 9.17) is 0 Å². The van der Waals surface area contributed by atoms with Gasteiger partial charge in [-0.15, -0.1) is 0 Å². The van der Waals surface area contributed by atoms with E-state index in [9.17, 15) is 13.2 Å². The Morgan fingerprint density at radius 3 is 2.35 bits per heavy atom. The van der Waals surface area contributed by atoms with Crippen molar-refractivity contribution >= 4 is 15.8 Å². The maximum absolute atomic E-state index is 12.0. The van der Waals surface area contributed by atoms with Crippen molar-refractivity contribution in [1.29, 1.82) is 0 Å². The van der Waals surface area contributed by atoms with Gasteiger partial charge in [0.25, 0.3) is 0 Å². The van der Waals surface area contributed by atoms with E-state index in [0.29, 0.717) is 0 Å². The average molecular weight is 262 g/mol. The lowest BCUT2D eigenvalue weighted by Crippen LogP contribution is -2.44. The van der Waals surface area contributed by atoms with Crippen molar-refractivity contribution < 1.29 is 13.2 Å². The Bertz CT molecular complexity index is 359. The molecular formula is C11H22N2O3S. The number of carbonyl (C=O) groups is 1. The molecule has 1 rings (SSSR count). The predicted molar refractivity (Wildman–Crippen MR) is 67.3 cm³/mol. The quantitative estimate of drug-likeness (QED) is 0.770. The number of hydrogen-bond donors (Lipinski definition) is 1. The highest BCUT2D eigenvalue weighted by molar-refractivity contribution is 7.88. The number of hydrogen-bond acceptors (Lipinski definition) is 4. The first-order valence-electron chi connectivity index (χ1n) is 6.07. The molecule has 1 fully saturated rings. The fourth-order valence-electron chi connectivity index (χ4n) is 2.27. The second-order valence-electron chi connectivity index (χ2n) is 4.72. The summed E-state index contributed by atoms with van der Waals surface area (Å²) in [6.45, 7) is 6.60. The number of Topliss-reactive ketones (excluding diaryl/α,β-unsaturated/α-hetero) is 1. The van der Waals surface area contributed by atoms with Crippen molar-refractivity contribution in [3.8, 4) is 0 Å². The molecule has 0 amide bonds. The summed E-state index contributed by atoms with van der Waals surface area (Å²) < 4.78 is 24.5. The van der Waals surface area contributed by atoms with Gasteiger partial charge in [0.15, 0.2) is 5.78 Å². The normalized spacial score (nSPS) is 21.4. The summed E-state index contributed by atoms with van der Waals surface area (Å²) in [5.74, 6) is 0.0215. The van der Waals surface area contributed by atoms with Gasteiger partial charge in [0, 0.05) is 5.92 Å². The highest BCUT2D eigenvalue weighted by Crippen LogP contribution is 2.19. The van der Waals surface area contributed by atoms with Crippen LogP contribution in [0.2, 0.25) is 0 Å². The lowest BCUT2D eigenvalue weighted by atomic mass is 9.89. The summed E-state index contributed by atoms with van der Waals surface area (Å²) in [5.41, 5.74) is 0. The number of nitrogens with zero attached hydrogens (tertiary/aromatic N) is 1. The van der Waals surface area contributed by atoms with E-state index >= 15 is 0 Å². The lowest BCUT2D eigenvalue weighted by molar-refractivity contribution is -0.125. The molecule has 1 aliphatic heterocycles. The fourth-order valence-corrected chi connectivity index (χ4v) is 3.02. The van der Waals surface area contributed by atoms with Crippen LogP contribution in [0.4, 0.5) is 0 Å². The van der Waals surface area contributed by atoms with Crippen LogP contribution in [-0.4, -0.2) is 51.0 Å². The molecule has 0 bridgehead atoms. The molecule has 1 unspecified atom stereocenters. The first-order valence-corrected chi connectivity index (χ1v) is 7.96. The van der Waals surface area contributed by atoms with Crippen molar-refractivity contribution in [2.24, 2.45) is 5.92 Å². The van der Waals surface area contributed by atoms with E-state index in [0.717, 1.165) is 38.7 Å². The van der Waals surface area contributed by atoms with E-state index in [2.05, 4.69) is 16.5 Å². The smallest absolute Gasteiger partial charge is 0.209 e. The Morgan fingerprint density at radius 1 is 1.41 bits per heavy atom. The fraction of sp³-hybridized carbons (Fsp3) is 0.909. The monoisotopic (exact) mass is 262 g/mol. The van der Waals surface area contributed by atoms with Gasteiger partial charge in [-0.2, -0.15) is 0 Å². The van der Waals surface area contributed by atoms with Crippen molar-refractivity contribution in [2.45, 2.75) is 32.7 Å². The number of rotatable bonds is 5. The van der Waals surface area contributed by atoms with Crippen molar-refractivity contribution in [3.05, 3.63) is 0 Å². The average Bonchev–Trinajstić information content (AvgIpc) is 2.26. The molecule has 0 saturated carbocycles. The maximum atomic E-state index is 12.0. The van der Waals surface area contributed by atoms with Crippen LogP contribution in [0, 0.1) is 5.92 Å². The van der Waals surface area contributed by atoms with Gasteiger partial charge in [0.1, 0.15) is 0 Å². The van der Waals surface area contributed by atoms with Crippen molar-refractivity contribution in [2.75, 3.05) is 25.9 Å². The molecule has 17 heavy (non-hydrogen) atoms. The Hall–Kier alpha value is -0.460. The highest BCUT2D eigenvalue weighted by atomic mass is 32.2. The van der Waals surface area contributed by atoms with Gasteiger partial charge in [-0.1, -0.05) is 6.92 Å². The number of nitrogens with one attached hydrogen (secondary N) is 1.